The van der Waals surface area contributed by atoms with E-state index in [9.17, 15) is 14.9 Å². The van der Waals surface area contributed by atoms with Crippen LogP contribution in [0.4, 0.5) is 27.5 Å². The van der Waals surface area contributed by atoms with E-state index < -0.39 is 28.6 Å². The van der Waals surface area contributed by atoms with Crippen molar-refractivity contribution in [1.29, 1.82) is 0 Å². The average molecular weight is 810 g/mol. The van der Waals surface area contributed by atoms with Crippen LogP contribution in [0.3, 0.4) is 0 Å². The van der Waals surface area contributed by atoms with Gasteiger partial charge in [0, 0.05) is 83.1 Å². The highest BCUT2D eigenvalue weighted by atomic mass is 28.4. The van der Waals surface area contributed by atoms with Crippen molar-refractivity contribution >= 4 is 46.5 Å². The summed E-state index contributed by atoms with van der Waals surface area (Å²) in [6.07, 6.45) is 1.49. The molecule has 1 amide bonds. The van der Waals surface area contributed by atoms with Gasteiger partial charge in [-0.2, -0.15) is 5.11 Å². The SMILES string of the molecule is CCO[Si](CCCNC(=O)OCCOc1cc([N+](=O)[O-])ccc1N=Nc1ccc(N(CC)CC)c(CCC[Si](OCC)(OCC)OCC)c1)(OCC)OCC. The Balaban J connectivity index is 2.14. The van der Waals surface area contributed by atoms with Crippen molar-refractivity contribution in [1.82, 2.24) is 5.32 Å². The van der Waals surface area contributed by atoms with E-state index in [4.69, 9.17) is 36.0 Å². The summed E-state index contributed by atoms with van der Waals surface area (Å²) in [5, 5.41) is 23.2. The molecule has 2 rings (SSSR count). The number of anilines is 1. The van der Waals surface area contributed by atoms with E-state index >= 15 is 0 Å². The van der Waals surface area contributed by atoms with Gasteiger partial charge in [-0.3, -0.25) is 10.1 Å². The van der Waals surface area contributed by atoms with Gasteiger partial charge in [-0.25, -0.2) is 4.79 Å². The molecule has 0 saturated carbocycles. The fourth-order valence-electron chi connectivity index (χ4n) is 5.96. The molecule has 0 heterocycles. The number of ether oxygens (including phenoxy) is 2. The summed E-state index contributed by atoms with van der Waals surface area (Å²) in [6.45, 7) is 20.6. The Hall–Kier alpha value is -3.50. The van der Waals surface area contributed by atoms with E-state index in [0.717, 1.165) is 37.2 Å². The Morgan fingerprint density at radius 2 is 1.31 bits per heavy atom. The van der Waals surface area contributed by atoms with Gasteiger partial charge in [0.05, 0.1) is 16.7 Å². The predicted molar refractivity (Wildman–Crippen MR) is 216 cm³/mol. The molecular formula is C37H63N5O11Si2. The van der Waals surface area contributed by atoms with E-state index in [1.165, 1.54) is 18.2 Å². The maximum Gasteiger partial charge on any atom is 0.500 e. The number of carbonyl (C=O) groups is 1. The summed E-state index contributed by atoms with van der Waals surface area (Å²) in [5.41, 5.74) is 2.94. The molecule has 18 heteroatoms. The fourth-order valence-corrected chi connectivity index (χ4v) is 11.2. The second kappa shape index (κ2) is 26.4. The second-order valence-corrected chi connectivity index (χ2v) is 17.4. The monoisotopic (exact) mass is 809 g/mol. The van der Waals surface area contributed by atoms with E-state index in [-0.39, 0.29) is 30.3 Å². The lowest BCUT2D eigenvalue weighted by Gasteiger charge is -2.29. The maximum absolute atomic E-state index is 12.3. The van der Waals surface area contributed by atoms with Gasteiger partial charge in [0.1, 0.15) is 18.9 Å². The number of carbonyl (C=O) groups excluding carboxylic acids is 1. The highest BCUT2D eigenvalue weighted by Gasteiger charge is 2.40. The number of aryl methyl sites for hydroxylation is 1. The molecule has 0 unspecified atom stereocenters. The molecular weight excluding hydrogens is 747 g/mol. The third-order valence-corrected chi connectivity index (χ3v) is 14.5. The molecule has 0 fully saturated rings. The molecule has 2 aromatic carbocycles. The molecule has 0 aliphatic heterocycles. The van der Waals surface area contributed by atoms with Crippen molar-refractivity contribution in [2.24, 2.45) is 10.2 Å². The number of nitro groups is 1. The Kier molecular flexibility index (Phi) is 22.9. The summed E-state index contributed by atoms with van der Waals surface area (Å²) >= 11 is 0. The Bertz CT molecular complexity index is 1420. The number of nitrogens with one attached hydrogen (secondary N) is 1. The van der Waals surface area contributed by atoms with Crippen LogP contribution in [-0.2, 0) is 37.7 Å². The first kappa shape index (κ1) is 47.7. The van der Waals surface area contributed by atoms with Crippen molar-refractivity contribution < 1.29 is 45.7 Å². The smallest absolute Gasteiger partial charge is 0.487 e. The summed E-state index contributed by atoms with van der Waals surface area (Å²) in [5.74, 6) is 0.134. The first-order valence-electron chi connectivity index (χ1n) is 19.5. The van der Waals surface area contributed by atoms with Gasteiger partial charge in [-0.15, -0.1) is 5.11 Å². The lowest BCUT2D eigenvalue weighted by Crippen LogP contribution is -2.46. The minimum Gasteiger partial charge on any atom is -0.487 e. The van der Waals surface area contributed by atoms with Crippen LogP contribution in [-0.4, -0.2) is 101 Å². The highest BCUT2D eigenvalue weighted by Crippen LogP contribution is 2.34. The quantitative estimate of drug-likeness (QED) is 0.0263. The number of hydrogen-bond acceptors (Lipinski definition) is 14. The van der Waals surface area contributed by atoms with Crippen molar-refractivity contribution in [2.45, 2.75) is 86.7 Å². The first-order valence-corrected chi connectivity index (χ1v) is 23.4. The zero-order chi connectivity index (χ0) is 40.5. The number of amides is 1. The van der Waals surface area contributed by atoms with Gasteiger partial charge < -0.3 is 46.2 Å². The number of alkyl carbamates (subject to hydrolysis) is 1. The van der Waals surface area contributed by atoms with Crippen LogP contribution in [0, 0.1) is 10.1 Å². The van der Waals surface area contributed by atoms with E-state index in [1.54, 1.807) is 0 Å². The maximum atomic E-state index is 12.3. The summed E-state index contributed by atoms with van der Waals surface area (Å²) < 4.78 is 46.9. The average Bonchev–Trinajstić information content (AvgIpc) is 3.16. The molecule has 2 aromatic rings. The van der Waals surface area contributed by atoms with Crippen LogP contribution in [0.2, 0.25) is 12.1 Å². The number of azo groups is 1. The normalized spacial score (nSPS) is 11.9. The third-order valence-electron chi connectivity index (χ3n) is 8.21. The molecule has 0 radical (unpaired) electrons. The molecule has 0 bridgehead atoms. The molecule has 0 aliphatic carbocycles. The van der Waals surface area contributed by atoms with Crippen molar-refractivity contribution in [3.05, 3.63) is 52.1 Å². The molecule has 0 saturated heterocycles. The molecule has 55 heavy (non-hydrogen) atoms. The molecule has 310 valence electrons. The fraction of sp³-hybridized carbons (Fsp3) is 0.649. The van der Waals surface area contributed by atoms with Gasteiger partial charge in [0.25, 0.3) is 5.69 Å². The highest BCUT2D eigenvalue weighted by molar-refractivity contribution is 6.61. The summed E-state index contributed by atoms with van der Waals surface area (Å²) in [4.78, 5) is 25.7. The van der Waals surface area contributed by atoms with Gasteiger partial charge >= 0.3 is 23.7 Å². The largest absolute Gasteiger partial charge is 0.500 e. The van der Waals surface area contributed by atoms with Crippen LogP contribution in [0.1, 0.15) is 73.8 Å². The topological polar surface area (TPSA) is 174 Å². The summed E-state index contributed by atoms with van der Waals surface area (Å²) in [6, 6.07) is 11.3. The van der Waals surface area contributed by atoms with Gasteiger partial charge in [-0.1, -0.05) is 0 Å². The summed E-state index contributed by atoms with van der Waals surface area (Å²) in [7, 11) is -5.61. The minimum absolute atomic E-state index is 0.0646. The molecule has 0 aliphatic rings. The van der Waals surface area contributed by atoms with Gasteiger partial charge in [0.15, 0.2) is 5.75 Å². The van der Waals surface area contributed by atoms with Crippen molar-refractivity contribution in [2.75, 3.05) is 77.4 Å². The zero-order valence-electron chi connectivity index (χ0n) is 34.1. The van der Waals surface area contributed by atoms with E-state index in [0.29, 0.717) is 70.4 Å². The number of nitro benzene ring substituents is 1. The molecule has 0 spiro atoms. The van der Waals surface area contributed by atoms with Crippen LogP contribution >= 0.6 is 0 Å². The van der Waals surface area contributed by atoms with Crippen LogP contribution in [0.25, 0.3) is 0 Å². The predicted octanol–water partition coefficient (Wildman–Crippen LogP) is 8.38. The molecule has 0 atom stereocenters. The van der Waals surface area contributed by atoms with Crippen molar-refractivity contribution in [3.8, 4) is 5.75 Å². The van der Waals surface area contributed by atoms with E-state index in [1.807, 2.05) is 59.7 Å². The Morgan fingerprint density at radius 1 is 0.745 bits per heavy atom. The van der Waals surface area contributed by atoms with Gasteiger partial charge in [-0.05, 0) is 104 Å². The molecule has 1 N–H and O–H groups in total. The molecule has 0 aromatic heterocycles. The van der Waals surface area contributed by atoms with Crippen LogP contribution < -0.4 is 15.0 Å². The number of non-ortho nitro benzene ring substituents is 1. The Morgan fingerprint density at radius 3 is 1.84 bits per heavy atom. The van der Waals surface area contributed by atoms with E-state index in [2.05, 4.69) is 34.3 Å². The van der Waals surface area contributed by atoms with Crippen LogP contribution in [0.15, 0.2) is 46.6 Å². The third kappa shape index (κ3) is 16.3. The van der Waals surface area contributed by atoms with Gasteiger partial charge in [0.2, 0.25) is 0 Å². The number of hydrogen-bond donors (Lipinski definition) is 1. The lowest BCUT2D eigenvalue weighted by atomic mass is 10.1. The lowest BCUT2D eigenvalue weighted by molar-refractivity contribution is -0.384. The minimum atomic E-state index is -2.81. The zero-order valence-corrected chi connectivity index (χ0v) is 36.1. The number of rotatable bonds is 30. The Labute approximate surface area is 329 Å². The second-order valence-electron chi connectivity index (χ2n) is 11.9. The van der Waals surface area contributed by atoms with Crippen LogP contribution in [0.5, 0.6) is 5.75 Å². The molecule has 16 nitrogen and oxygen atoms in total. The van der Waals surface area contributed by atoms with Crippen molar-refractivity contribution in [3.63, 3.8) is 0 Å². The first-order chi connectivity index (χ1) is 26.6. The number of nitrogens with zero attached hydrogens (tertiary/aromatic N) is 4. The standard InChI is InChI=1S/C37H63N5O11Si2/c1-9-41(10-2)35-23-20-32(29-31(35)19-17-27-54(48-11-3,49-12-4)50-13-5)39-40-34-22-21-33(42(44)45)30-36(34)46-25-26-47-37(43)38-24-18-28-55(51-14-6,52-15-7)53-16-8/h20-23,29-30H,9-19,24-28H2,1-8H3,(H,38,43). The number of benzene rings is 2.